The van der Waals surface area contributed by atoms with E-state index < -0.39 is 18.1 Å². The van der Waals surface area contributed by atoms with Crippen LogP contribution >= 0.6 is 0 Å². The van der Waals surface area contributed by atoms with E-state index in [-0.39, 0.29) is 42.7 Å². The van der Waals surface area contributed by atoms with E-state index in [4.69, 9.17) is 14.2 Å². The number of carbonyl (C=O) groups is 3. The van der Waals surface area contributed by atoms with E-state index in [1.807, 2.05) is 0 Å². The molecule has 0 aromatic rings. The number of hydrogen-bond acceptors (Lipinski definition) is 7. The number of carboxylic acids is 1. The Morgan fingerprint density at radius 1 is 0.585 bits per heavy atom. The van der Waals surface area contributed by atoms with E-state index in [0.717, 1.165) is 96.3 Å². The van der Waals surface area contributed by atoms with Crippen LogP contribution in [-0.4, -0.2) is 75.5 Å². The molecule has 0 aromatic heterocycles. The SMILES string of the molecule is CC/C=C/C/C=C/C/C=C/C/C=C/CCCCCCCCC(=O)OCC(COCCC(C(=O)[O-])[N+](C)(C)C)OC(=O)CCCCCC/C=C/CCCC. The summed E-state index contributed by atoms with van der Waals surface area (Å²) in [6.45, 7) is 4.46. The first-order valence-corrected chi connectivity index (χ1v) is 20.8. The lowest BCUT2D eigenvalue weighted by atomic mass is 10.1. The number of allylic oxidation sites excluding steroid dienone is 10. The van der Waals surface area contributed by atoms with Gasteiger partial charge in [0.1, 0.15) is 12.6 Å². The minimum Gasteiger partial charge on any atom is -0.544 e. The van der Waals surface area contributed by atoms with Crippen molar-refractivity contribution in [1.29, 1.82) is 0 Å². The summed E-state index contributed by atoms with van der Waals surface area (Å²) in [5.74, 6) is -1.78. The third kappa shape index (κ3) is 34.5. The number of carboxylic acid groups (broad SMARTS) is 1. The fourth-order valence-corrected chi connectivity index (χ4v) is 5.63. The van der Waals surface area contributed by atoms with E-state index in [9.17, 15) is 19.5 Å². The third-order valence-electron chi connectivity index (χ3n) is 8.89. The normalized spacial score (nSPS) is 13.6. The minimum absolute atomic E-state index is 0.0290. The molecule has 0 amide bonds. The Kier molecular flexibility index (Phi) is 34.0. The van der Waals surface area contributed by atoms with Crippen LogP contribution in [0.1, 0.15) is 155 Å². The minimum atomic E-state index is -1.13. The highest BCUT2D eigenvalue weighted by Gasteiger charge is 2.25. The van der Waals surface area contributed by atoms with Gasteiger partial charge in [-0.1, -0.05) is 126 Å². The van der Waals surface area contributed by atoms with Crippen LogP contribution in [0.3, 0.4) is 0 Å². The van der Waals surface area contributed by atoms with E-state index in [1.54, 1.807) is 21.1 Å². The average molecular weight is 744 g/mol. The highest BCUT2D eigenvalue weighted by molar-refractivity contribution is 5.70. The quantitative estimate of drug-likeness (QED) is 0.0273. The molecule has 304 valence electrons. The molecule has 0 aliphatic carbocycles. The van der Waals surface area contributed by atoms with Gasteiger partial charge >= 0.3 is 11.9 Å². The molecule has 0 N–H and O–H groups in total. The van der Waals surface area contributed by atoms with Gasteiger partial charge in [-0.3, -0.25) is 9.59 Å². The molecular formula is C45H77NO7. The zero-order valence-corrected chi connectivity index (χ0v) is 34.4. The summed E-state index contributed by atoms with van der Waals surface area (Å²) in [6, 6.07) is -0.730. The van der Waals surface area contributed by atoms with Crippen molar-refractivity contribution in [3.8, 4) is 0 Å². The largest absolute Gasteiger partial charge is 0.544 e. The second-order valence-electron chi connectivity index (χ2n) is 14.8. The second kappa shape index (κ2) is 36.0. The molecule has 0 aliphatic rings. The third-order valence-corrected chi connectivity index (χ3v) is 8.89. The number of ether oxygens (including phenoxy) is 3. The molecule has 0 radical (unpaired) electrons. The number of carbonyl (C=O) groups excluding carboxylic acids is 3. The van der Waals surface area contributed by atoms with E-state index in [0.29, 0.717) is 12.8 Å². The Bertz CT molecular complexity index is 1050. The Balaban J connectivity index is 4.35. The van der Waals surface area contributed by atoms with Gasteiger partial charge in [-0.15, -0.1) is 0 Å². The molecule has 0 saturated carbocycles. The van der Waals surface area contributed by atoms with Crippen molar-refractivity contribution in [2.45, 2.75) is 167 Å². The lowest BCUT2D eigenvalue weighted by molar-refractivity contribution is -0.889. The molecule has 0 aliphatic heterocycles. The molecule has 53 heavy (non-hydrogen) atoms. The van der Waals surface area contributed by atoms with Crippen LogP contribution in [0.15, 0.2) is 60.8 Å². The van der Waals surface area contributed by atoms with E-state index in [2.05, 4.69) is 74.6 Å². The maximum absolute atomic E-state index is 12.6. The summed E-state index contributed by atoms with van der Waals surface area (Å²) in [5.41, 5.74) is 0. The van der Waals surface area contributed by atoms with Crippen LogP contribution in [0.4, 0.5) is 0 Å². The molecule has 8 heteroatoms. The number of likely N-dealkylation sites (N-methyl/N-ethyl adjacent to an activating group) is 1. The Morgan fingerprint density at radius 2 is 1.06 bits per heavy atom. The summed E-state index contributed by atoms with van der Waals surface area (Å²) < 4.78 is 17.1. The van der Waals surface area contributed by atoms with Gasteiger partial charge in [0.05, 0.1) is 40.3 Å². The van der Waals surface area contributed by atoms with Gasteiger partial charge in [0.25, 0.3) is 0 Å². The topological polar surface area (TPSA) is 102 Å². The Labute approximate surface area is 324 Å². The standard InChI is InChI=1S/C45H77NO7/c1-6-8-10-12-14-16-18-19-20-21-22-23-24-25-26-28-29-31-33-35-43(47)52-40-41(39-51-38-37-42(45(49)50)46(3,4)5)53-44(48)36-34-32-30-27-17-15-13-11-9-7-2/h8,10,13-16,19-20,22-23,41-42H,6-7,9,11-12,17-18,21,24-40H2,1-5H3/b10-8+,15-13+,16-14+,20-19+,23-22+. The molecule has 0 rings (SSSR count). The molecule has 0 aromatic carbocycles. The monoisotopic (exact) mass is 744 g/mol. The number of nitrogens with zero attached hydrogens (tertiary/aromatic N) is 1. The zero-order chi connectivity index (χ0) is 39.3. The number of hydrogen-bond donors (Lipinski definition) is 0. The number of esters is 2. The molecular weight excluding hydrogens is 666 g/mol. The van der Waals surface area contributed by atoms with Crippen molar-refractivity contribution in [3.05, 3.63) is 60.8 Å². The first kappa shape index (κ1) is 50.0. The van der Waals surface area contributed by atoms with Gasteiger partial charge in [-0.25, -0.2) is 0 Å². The molecule has 0 heterocycles. The lowest BCUT2D eigenvalue weighted by Crippen LogP contribution is -2.55. The van der Waals surface area contributed by atoms with Gasteiger partial charge in [-0.2, -0.15) is 0 Å². The van der Waals surface area contributed by atoms with Gasteiger partial charge < -0.3 is 28.6 Å². The number of aliphatic carboxylic acids is 1. The predicted molar refractivity (Wildman–Crippen MR) is 217 cm³/mol. The maximum Gasteiger partial charge on any atom is 0.306 e. The van der Waals surface area contributed by atoms with Crippen molar-refractivity contribution in [2.75, 3.05) is 41.0 Å². The van der Waals surface area contributed by atoms with E-state index >= 15 is 0 Å². The van der Waals surface area contributed by atoms with Crippen molar-refractivity contribution >= 4 is 17.9 Å². The first-order chi connectivity index (χ1) is 25.6. The molecule has 2 unspecified atom stereocenters. The van der Waals surface area contributed by atoms with Crippen LogP contribution in [0.5, 0.6) is 0 Å². The zero-order valence-electron chi connectivity index (χ0n) is 34.4. The van der Waals surface area contributed by atoms with Crippen LogP contribution < -0.4 is 5.11 Å². The highest BCUT2D eigenvalue weighted by Crippen LogP contribution is 2.12. The Hall–Kier alpha value is -2.97. The van der Waals surface area contributed by atoms with Crippen molar-refractivity contribution in [3.63, 3.8) is 0 Å². The second-order valence-corrected chi connectivity index (χ2v) is 14.8. The smallest absolute Gasteiger partial charge is 0.306 e. The maximum atomic E-state index is 12.6. The van der Waals surface area contributed by atoms with Crippen molar-refractivity contribution in [2.24, 2.45) is 0 Å². The van der Waals surface area contributed by atoms with Crippen LogP contribution in [0.2, 0.25) is 0 Å². The van der Waals surface area contributed by atoms with Gasteiger partial charge in [0.2, 0.25) is 0 Å². The van der Waals surface area contributed by atoms with E-state index in [1.165, 1.54) is 25.7 Å². The fraction of sp³-hybridized carbons (Fsp3) is 0.711. The van der Waals surface area contributed by atoms with Crippen molar-refractivity contribution < 1.29 is 38.2 Å². The molecule has 8 nitrogen and oxygen atoms in total. The summed E-state index contributed by atoms with van der Waals surface area (Å²) in [7, 11) is 5.38. The Morgan fingerprint density at radius 3 is 1.58 bits per heavy atom. The predicted octanol–water partition coefficient (Wildman–Crippen LogP) is 9.69. The van der Waals surface area contributed by atoms with Gasteiger partial charge in [-0.05, 0) is 70.6 Å². The highest BCUT2D eigenvalue weighted by atomic mass is 16.6. The molecule has 2 atom stereocenters. The first-order valence-electron chi connectivity index (χ1n) is 20.8. The van der Waals surface area contributed by atoms with Gasteiger partial charge in [0.15, 0.2) is 6.10 Å². The van der Waals surface area contributed by atoms with Crippen LogP contribution in [0, 0.1) is 0 Å². The lowest BCUT2D eigenvalue weighted by Gasteiger charge is -2.34. The number of quaternary nitrogens is 1. The molecule has 0 spiro atoms. The van der Waals surface area contributed by atoms with Crippen LogP contribution in [0.25, 0.3) is 0 Å². The fourth-order valence-electron chi connectivity index (χ4n) is 5.63. The molecule has 0 bridgehead atoms. The van der Waals surface area contributed by atoms with Gasteiger partial charge in [0, 0.05) is 19.3 Å². The van der Waals surface area contributed by atoms with Crippen LogP contribution in [-0.2, 0) is 28.6 Å². The number of rotatable bonds is 36. The summed E-state index contributed by atoms with van der Waals surface area (Å²) in [4.78, 5) is 36.7. The summed E-state index contributed by atoms with van der Waals surface area (Å²) in [5, 5.41) is 11.6. The summed E-state index contributed by atoms with van der Waals surface area (Å²) >= 11 is 0. The molecule has 0 fully saturated rings. The summed E-state index contributed by atoms with van der Waals surface area (Å²) in [6.07, 6.45) is 42.5. The average Bonchev–Trinajstić information content (AvgIpc) is 3.11. The van der Waals surface area contributed by atoms with Crippen molar-refractivity contribution in [1.82, 2.24) is 0 Å². The number of unbranched alkanes of at least 4 members (excludes halogenated alkanes) is 12. The molecule has 0 saturated heterocycles.